The zero-order chi connectivity index (χ0) is 13.7. The van der Waals surface area contributed by atoms with E-state index in [2.05, 4.69) is 55.3 Å². The third-order valence-electron chi connectivity index (χ3n) is 4.33. The van der Waals surface area contributed by atoms with Gasteiger partial charge in [0.1, 0.15) is 0 Å². The lowest BCUT2D eigenvalue weighted by Gasteiger charge is -2.37. The van der Waals surface area contributed by atoms with Crippen molar-refractivity contribution in [2.75, 3.05) is 18.0 Å². The van der Waals surface area contributed by atoms with Gasteiger partial charge in [0.2, 0.25) is 0 Å². The first kappa shape index (κ1) is 14.4. The minimum Gasteiger partial charge on any atom is -0.369 e. The first-order valence-corrected chi connectivity index (χ1v) is 7.86. The van der Waals surface area contributed by atoms with Crippen molar-refractivity contribution in [3.8, 4) is 0 Å². The van der Waals surface area contributed by atoms with Gasteiger partial charge in [0.15, 0.2) is 0 Å². The van der Waals surface area contributed by atoms with Crippen LogP contribution in [0.3, 0.4) is 0 Å². The molecule has 2 rings (SSSR count). The molecule has 19 heavy (non-hydrogen) atoms. The van der Waals surface area contributed by atoms with E-state index in [1.807, 2.05) is 0 Å². The molecule has 0 saturated carbocycles. The Morgan fingerprint density at radius 3 is 2.58 bits per heavy atom. The van der Waals surface area contributed by atoms with Gasteiger partial charge in [0, 0.05) is 24.3 Å². The van der Waals surface area contributed by atoms with E-state index in [1.54, 1.807) is 0 Å². The summed E-state index contributed by atoms with van der Waals surface area (Å²) in [6, 6.07) is 10.4. The van der Waals surface area contributed by atoms with Crippen LogP contribution in [0, 0.1) is 0 Å². The first-order chi connectivity index (χ1) is 9.26. The maximum Gasteiger partial charge on any atom is 0.0368 e. The van der Waals surface area contributed by atoms with E-state index in [1.165, 1.54) is 43.5 Å². The van der Waals surface area contributed by atoms with E-state index in [-0.39, 0.29) is 0 Å². The van der Waals surface area contributed by atoms with Crippen molar-refractivity contribution in [2.24, 2.45) is 0 Å². The van der Waals surface area contributed by atoms with Crippen LogP contribution in [-0.4, -0.2) is 19.1 Å². The molecule has 1 aromatic rings. The van der Waals surface area contributed by atoms with Gasteiger partial charge in [0.05, 0.1) is 0 Å². The number of nitrogens with one attached hydrogen (secondary N) is 1. The Kier molecular flexibility index (Phi) is 5.26. The zero-order valence-electron chi connectivity index (χ0n) is 12.7. The Balaban J connectivity index is 2.08. The van der Waals surface area contributed by atoms with Gasteiger partial charge in [-0.3, -0.25) is 0 Å². The van der Waals surface area contributed by atoms with Crippen molar-refractivity contribution in [2.45, 2.75) is 58.5 Å². The van der Waals surface area contributed by atoms with Gasteiger partial charge in [-0.25, -0.2) is 0 Å². The highest BCUT2D eigenvalue weighted by molar-refractivity contribution is 5.49. The molecule has 106 valence electrons. The Morgan fingerprint density at radius 2 is 1.95 bits per heavy atom. The molecule has 0 aromatic heterocycles. The predicted octanol–water partition coefficient (Wildman–Crippen LogP) is 4.13. The average Bonchev–Trinajstić information content (AvgIpc) is 2.47. The second kappa shape index (κ2) is 6.95. The lowest BCUT2D eigenvalue weighted by atomic mass is 9.98. The average molecular weight is 260 g/mol. The molecule has 1 fully saturated rings. The fourth-order valence-corrected chi connectivity index (χ4v) is 3.14. The van der Waals surface area contributed by atoms with Crippen LogP contribution in [0.1, 0.15) is 58.1 Å². The molecule has 0 bridgehead atoms. The minimum absolute atomic E-state index is 0.447. The molecule has 2 nitrogen and oxygen atoms in total. The zero-order valence-corrected chi connectivity index (χ0v) is 12.7. The summed E-state index contributed by atoms with van der Waals surface area (Å²) in [5.74, 6) is 0. The first-order valence-electron chi connectivity index (χ1n) is 7.86. The number of nitrogens with zero attached hydrogens (tertiary/aromatic N) is 1. The lowest BCUT2D eigenvalue weighted by Crippen LogP contribution is -2.39. The summed E-state index contributed by atoms with van der Waals surface area (Å²) in [4.78, 5) is 2.60. The molecule has 2 heteroatoms. The highest BCUT2D eigenvalue weighted by atomic mass is 15.2. The maximum atomic E-state index is 3.47. The van der Waals surface area contributed by atoms with E-state index in [9.17, 15) is 0 Å². The van der Waals surface area contributed by atoms with E-state index >= 15 is 0 Å². The Labute approximate surface area is 118 Å². The van der Waals surface area contributed by atoms with Crippen molar-refractivity contribution in [3.05, 3.63) is 29.8 Å². The van der Waals surface area contributed by atoms with Crippen LogP contribution in [0.2, 0.25) is 0 Å². The molecule has 0 spiro atoms. The highest BCUT2D eigenvalue weighted by Crippen LogP contribution is 2.27. The highest BCUT2D eigenvalue weighted by Gasteiger charge is 2.20. The molecule has 0 amide bonds. The topological polar surface area (TPSA) is 15.3 Å². The van der Waals surface area contributed by atoms with Gasteiger partial charge < -0.3 is 10.2 Å². The number of piperidine rings is 1. The normalized spacial score (nSPS) is 21.4. The van der Waals surface area contributed by atoms with Gasteiger partial charge >= 0.3 is 0 Å². The van der Waals surface area contributed by atoms with Crippen molar-refractivity contribution in [1.29, 1.82) is 0 Å². The Morgan fingerprint density at radius 1 is 1.21 bits per heavy atom. The van der Waals surface area contributed by atoms with Crippen LogP contribution >= 0.6 is 0 Å². The van der Waals surface area contributed by atoms with Gasteiger partial charge in [-0.05, 0) is 56.8 Å². The fourth-order valence-electron chi connectivity index (χ4n) is 3.14. The molecule has 2 unspecified atom stereocenters. The molecule has 1 saturated heterocycles. The largest absolute Gasteiger partial charge is 0.369 e. The summed E-state index contributed by atoms with van der Waals surface area (Å²) >= 11 is 0. The van der Waals surface area contributed by atoms with E-state index in [0.29, 0.717) is 6.04 Å². The monoisotopic (exact) mass is 260 g/mol. The van der Waals surface area contributed by atoms with Crippen LogP contribution in [0.15, 0.2) is 24.3 Å². The third kappa shape index (κ3) is 3.50. The van der Waals surface area contributed by atoms with Gasteiger partial charge in [0.25, 0.3) is 0 Å². The molecule has 1 aromatic carbocycles. The quantitative estimate of drug-likeness (QED) is 0.856. The van der Waals surface area contributed by atoms with Crippen LogP contribution in [0.5, 0.6) is 0 Å². The molecule has 0 aliphatic carbocycles. The SMILES string of the molecule is CCNC(C)c1ccc(N2CCCCC2CC)cc1. The molecule has 2 atom stereocenters. The van der Waals surface area contributed by atoms with Crippen molar-refractivity contribution < 1.29 is 0 Å². The summed E-state index contributed by atoms with van der Waals surface area (Å²) < 4.78 is 0. The van der Waals surface area contributed by atoms with Crippen LogP contribution < -0.4 is 10.2 Å². The molecular formula is C17H28N2. The molecule has 0 radical (unpaired) electrons. The fraction of sp³-hybridized carbons (Fsp3) is 0.647. The number of hydrogen-bond acceptors (Lipinski definition) is 2. The summed E-state index contributed by atoms with van der Waals surface area (Å²) in [6.45, 7) is 8.94. The van der Waals surface area contributed by atoms with Gasteiger partial charge in [-0.1, -0.05) is 26.0 Å². The third-order valence-corrected chi connectivity index (χ3v) is 4.33. The minimum atomic E-state index is 0.447. The summed E-state index contributed by atoms with van der Waals surface area (Å²) in [5.41, 5.74) is 2.79. The summed E-state index contributed by atoms with van der Waals surface area (Å²) in [7, 11) is 0. The van der Waals surface area contributed by atoms with Gasteiger partial charge in [-0.2, -0.15) is 0 Å². The van der Waals surface area contributed by atoms with Crippen molar-refractivity contribution in [1.82, 2.24) is 5.32 Å². The predicted molar refractivity (Wildman–Crippen MR) is 83.8 cm³/mol. The molecular weight excluding hydrogens is 232 g/mol. The van der Waals surface area contributed by atoms with Crippen molar-refractivity contribution >= 4 is 5.69 Å². The maximum absolute atomic E-state index is 3.47. The Bertz CT molecular complexity index is 371. The number of hydrogen-bond donors (Lipinski definition) is 1. The number of anilines is 1. The van der Waals surface area contributed by atoms with E-state index in [0.717, 1.165) is 12.6 Å². The smallest absolute Gasteiger partial charge is 0.0368 e. The second-order valence-corrected chi connectivity index (χ2v) is 5.62. The van der Waals surface area contributed by atoms with E-state index < -0.39 is 0 Å². The number of benzene rings is 1. The lowest BCUT2D eigenvalue weighted by molar-refractivity contribution is 0.450. The molecule has 1 heterocycles. The van der Waals surface area contributed by atoms with Gasteiger partial charge in [-0.15, -0.1) is 0 Å². The molecule has 1 N–H and O–H groups in total. The van der Waals surface area contributed by atoms with Crippen molar-refractivity contribution in [3.63, 3.8) is 0 Å². The second-order valence-electron chi connectivity index (χ2n) is 5.62. The Hall–Kier alpha value is -1.02. The van der Waals surface area contributed by atoms with E-state index in [4.69, 9.17) is 0 Å². The van der Waals surface area contributed by atoms with Crippen LogP contribution in [0.25, 0.3) is 0 Å². The summed E-state index contributed by atoms with van der Waals surface area (Å²) in [6.07, 6.45) is 5.35. The molecule has 1 aliphatic heterocycles. The standard InChI is InChI=1S/C17H28N2/c1-4-16-8-6-7-13-19(16)17-11-9-15(10-12-17)14(3)18-5-2/h9-12,14,16,18H,4-8,13H2,1-3H3. The number of rotatable bonds is 5. The van der Waals surface area contributed by atoms with Crippen LogP contribution in [0.4, 0.5) is 5.69 Å². The summed E-state index contributed by atoms with van der Waals surface area (Å²) in [5, 5.41) is 3.47. The van der Waals surface area contributed by atoms with Crippen LogP contribution in [-0.2, 0) is 0 Å². The molecule has 1 aliphatic rings.